The van der Waals surface area contributed by atoms with Gasteiger partial charge in [-0.15, -0.1) is 28.1 Å². The van der Waals surface area contributed by atoms with Gasteiger partial charge in [0.15, 0.2) is 11.0 Å². The van der Waals surface area contributed by atoms with Gasteiger partial charge in [-0.05, 0) is 49.6 Å². The molecule has 1 aromatic carbocycles. The van der Waals surface area contributed by atoms with E-state index in [0.29, 0.717) is 33.8 Å². The van der Waals surface area contributed by atoms with E-state index in [1.54, 1.807) is 12.1 Å². The molecule has 3 rings (SSSR count). The van der Waals surface area contributed by atoms with Crippen LogP contribution in [0.25, 0.3) is 0 Å². The lowest BCUT2D eigenvalue weighted by atomic mass is 10.1. The van der Waals surface area contributed by atoms with Crippen LogP contribution in [0.4, 0.5) is 5.00 Å². The van der Waals surface area contributed by atoms with Crippen LogP contribution < -0.4 is 10.1 Å². The van der Waals surface area contributed by atoms with Crippen molar-refractivity contribution < 1.29 is 19.1 Å². The maximum atomic E-state index is 12.6. The predicted octanol–water partition coefficient (Wildman–Crippen LogP) is 5.45. The normalized spacial score (nSPS) is 10.8. The van der Waals surface area contributed by atoms with E-state index in [1.807, 2.05) is 37.5 Å². The predicted molar refractivity (Wildman–Crippen MR) is 140 cm³/mol. The van der Waals surface area contributed by atoms with E-state index in [9.17, 15) is 9.59 Å². The van der Waals surface area contributed by atoms with Gasteiger partial charge in [0.05, 0.1) is 18.4 Å². The first-order chi connectivity index (χ1) is 16.8. The van der Waals surface area contributed by atoms with Gasteiger partial charge in [-0.2, -0.15) is 0 Å². The second-order valence-corrected chi connectivity index (χ2v) is 10.1. The van der Waals surface area contributed by atoms with Gasteiger partial charge in [-0.25, -0.2) is 4.79 Å². The molecule has 35 heavy (non-hydrogen) atoms. The Labute approximate surface area is 217 Å². The minimum atomic E-state index is -0.481. The fourth-order valence-electron chi connectivity index (χ4n) is 3.25. The second-order valence-electron chi connectivity index (χ2n) is 7.60. The van der Waals surface area contributed by atoms with Gasteiger partial charge in [0.1, 0.15) is 17.4 Å². The number of methoxy groups -OCH3 is 1. The van der Waals surface area contributed by atoms with Gasteiger partial charge in [0.25, 0.3) is 0 Å². The van der Waals surface area contributed by atoms with Crippen molar-refractivity contribution in [3.63, 3.8) is 0 Å². The largest absolute Gasteiger partial charge is 0.486 e. The van der Waals surface area contributed by atoms with Crippen LogP contribution in [0.5, 0.6) is 5.75 Å². The van der Waals surface area contributed by atoms with Crippen LogP contribution in [0.1, 0.15) is 39.1 Å². The first-order valence-electron chi connectivity index (χ1n) is 10.8. The second kappa shape index (κ2) is 12.2. The summed E-state index contributed by atoms with van der Waals surface area (Å²) in [5.74, 6) is 0.644. The number of amides is 1. The van der Waals surface area contributed by atoms with Crippen molar-refractivity contribution >= 4 is 51.6 Å². The summed E-state index contributed by atoms with van der Waals surface area (Å²) in [6.07, 6.45) is 2.48. The highest BCUT2D eigenvalue weighted by molar-refractivity contribution is 7.99. The van der Waals surface area contributed by atoms with E-state index in [4.69, 9.17) is 21.1 Å². The molecule has 0 spiro atoms. The molecule has 0 unspecified atom stereocenters. The van der Waals surface area contributed by atoms with Crippen molar-refractivity contribution in [2.24, 2.45) is 0 Å². The number of carbonyl (C=O) groups is 2. The Morgan fingerprint density at radius 2 is 1.97 bits per heavy atom. The van der Waals surface area contributed by atoms with Crippen LogP contribution in [0.15, 0.2) is 36.0 Å². The molecule has 0 atom stereocenters. The summed E-state index contributed by atoms with van der Waals surface area (Å²) < 4.78 is 12.6. The number of nitrogens with zero attached hydrogens (tertiary/aromatic N) is 3. The maximum absolute atomic E-state index is 12.6. The monoisotopic (exact) mass is 534 g/mol. The average molecular weight is 535 g/mol. The molecule has 0 radical (unpaired) electrons. The summed E-state index contributed by atoms with van der Waals surface area (Å²) in [5.41, 5.74) is 2.22. The number of esters is 1. The summed E-state index contributed by atoms with van der Waals surface area (Å²) in [6.45, 7) is 10.3. The number of ether oxygens (including phenoxy) is 2. The molecule has 1 amide bonds. The summed E-state index contributed by atoms with van der Waals surface area (Å²) >= 11 is 8.84. The Morgan fingerprint density at radius 1 is 1.26 bits per heavy atom. The third-order valence-corrected chi connectivity index (χ3v) is 7.76. The van der Waals surface area contributed by atoms with Gasteiger partial charge >= 0.3 is 5.97 Å². The summed E-state index contributed by atoms with van der Waals surface area (Å²) in [6, 6.07) is 5.50. The lowest BCUT2D eigenvalue weighted by Crippen LogP contribution is -2.16. The fourth-order valence-corrected chi connectivity index (χ4v) is 5.12. The van der Waals surface area contributed by atoms with Crippen LogP contribution in [0.3, 0.4) is 0 Å². The van der Waals surface area contributed by atoms with Crippen molar-refractivity contribution in [1.29, 1.82) is 0 Å². The maximum Gasteiger partial charge on any atom is 0.340 e. The SMILES string of the molecule is C=CCn1c(COc2cc(C)c(Cl)c(C)c2)nnc1SCC(=O)Nc1sc(CC)cc1C(=O)OC. The standard InChI is InChI=1S/C24H27ClN4O4S2/c1-6-8-29-19(12-33-16-9-14(3)21(25)15(4)10-16)27-28-24(29)34-13-20(30)26-22-18(23(31)32-5)11-17(7-2)35-22/h6,9-11H,1,7-8,12-13H2,2-5H3,(H,26,30). The van der Waals surface area contributed by atoms with E-state index < -0.39 is 5.97 Å². The van der Waals surface area contributed by atoms with Crippen LogP contribution >= 0.6 is 34.7 Å². The number of hydrogen-bond acceptors (Lipinski definition) is 8. The lowest BCUT2D eigenvalue weighted by molar-refractivity contribution is -0.113. The number of anilines is 1. The average Bonchev–Trinajstić information content (AvgIpc) is 3.43. The van der Waals surface area contributed by atoms with E-state index in [0.717, 1.165) is 27.4 Å². The molecule has 0 saturated carbocycles. The number of nitrogens with one attached hydrogen (secondary N) is 1. The van der Waals surface area contributed by atoms with Gasteiger partial charge in [-0.3, -0.25) is 9.36 Å². The molecule has 0 aliphatic rings. The quantitative estimate of drug-likeness (QED) is 0.198. The molecule has 8 nitrogen and oxygen atoms in total. The smallest absolute Gasteiger partial charge is 0.340 e. The molecule has 1 N–H and O–H groups in total. The number of rotatable bonds is 11. The molecule has 3 aromatic rings. The highest BCUT2D eigenvalue weighted by Crippen LogP contribution is 2.30. The van der Waals surface area contributed by atoms with Crippen molar-refractivity contribution in [3.8, 4) is 5.75 Å². The van der Waals surface area contributed by atoms with Crippen LogP contribution in [0, 0.1) is 13.8 Å². The Balaban J connectivity index is 1.67. The number of benzene rings is 1. The van der Waals surface area contributed by atoms with Crippen molar-refractivity contribution in [1.82, 2.24) is 14.8 Å². The highest BCUT2D eigenvalue weighted by atomic mass is 35.5. The number of aryl methyl sites for hydroxylation is 3. The minimum absolute atomic E-state index is 0.0890. The Morgan fingerprint density at radius 3 is 2.60 bits per heavy atom. The Kier molecular flexibility index (Phi) is 9.36. The number of allylic oxidation sites excluding steroid dienone is 1. The highest BCUT2D eigenvalue weighted by Gasteiger charge is 2.19. The zero-order valence-corrected chi connectivity index (χ0v) is 22.4. The van der Waals surface area contributed by atoms with E-state index in [-0.39, 0.29) is 18.3 Å². The Hall–Kier alpha value is -2.82. The molecular weight excluding hydrogens is 508 g/mol. The topological polar surface area (TPSA) is 95.3 Å². The summed E-state index contributed by atoms with van der Waals surface area (Å²) in [7, 11) is 1.32. The van der Waals surface area contributed by atoms with E-state index in [2.05, 4.69) is 22.1 Å². The minimum Gasteiger partial charge on any atom is -0.486 e. The summed E-state index contributed by atoms with van der Waals surface area (Å²) in [5, 5.41) is 13.0. The first kappa shape index (κ1) is 26.8. The molecule has 0 aliphatic heterocycles. The van der Waals surface area contributed by atoms with Crippen molar-refractivity contribution in [3.05, 3.63) is 63.3 Å². The molecule has 2 aromatic heterocycles. The fraction of sp³-hybridized carbons (Fsp3) is 0.333. The molecule has 186 valence electrons. The van der Waals surface area contributed by atoms with E-state index in [1.165, 1.54) is 30.2 Å². The van der Waals surface area contributed by atoms with Gasteiger partial charge in [-0.1, -0.05) is 36.4 Å². The van der Waals surface area contributed by atoms with Crippen LogP contribution in [-0.2, 0) is 29.1 Å². The number of thioether (sulfide) groups is 1. The van der Waals surface area contributed by atoms with Crippen LogP contribution in [-0.4, -0.2) is 39.5 Å². The third-order valence-electron chi connectivity index (χ3n) is 5.01. The number of halogens is 1. The molecule has 0 aliphatic carbocycles. The van der Waals surface area contributed by atoms with E-state index >= 15 is 0 Å². The number of carbonyl (C=O) groups excluding carboxylic acids is 2. The summed E-state index contributed by atoms with van der Waals surface area (Å²) in [4.78, 5) is 25.7. The molecule has 11 heteroatoms. The molecule has 0 saturated heterocycles. The third kappa shape index (κ3) is 6.65. The van der Waals surface area contributed by atoms with Gasteiger partial charge in [0.2, 0.25) is 5.91 Å². The van der Waals surface area contributed by atoms with Gasteiger partial charge in [0, 0.05) is 16.4 Å². The van der Waals surface area contributed by atoms with Crippen molar-refractivity contribution in [2.75, 3.05) is 18.2 Å². The molecule has 0 fully saturated rings. The number of hydrogen-bond donors (Lipinski definition) is 1. The van der Waals surface area contributed by atoms with Crippen LogP contribution in [0.2, 0.25) is 5.02 Å². The lowest BCUT2D eigenvalue weighted by Gasteiger charge is -2.11. The van der Waals surface area contributed by atoms with Crippen molar-refractivity contribution in [2.45, 2.75) is 45.5 Å². The Bertz CT molecular complexity index is 1220. The first-order valence-corrected chi connectivity index (χ1v) is 13.0. The molecular formula is C24H27ClN4O4S2. The number of aromatic nitrogens is 3. The zero-order valence-electron chi connectivity index (χ0n) is 20.0. The molecule has 0 bridgehead atoms. The number of thiophene rings is 1. The zero-order chi connectivity index (χ0) is 25.5. The van der Waals surface area contributed by atoms with Gasteiger partial charge < -0.3 is 14.8 Å². The molecule has 2 heterocycles.